The molecule has 3 heteroatoms. The number of hydrogen-bond donors (Lipinski definition) is 1. The Morgan fingerprint density at radius 3 is 2.45 bits per heavy atom. The van der Waals surface area contributed by atoms with Crippen molar-refractivity contribution in [2.45, 2.75) is 0 Å². The zero-order valence-corrected chi connectivity index (χ0v) is 8.97. The van der Waals surface area contributed by atoms with Gasteiger partial charge in [-0.25, -0.2) is 0 Å². The Hall–Kier alpha value is -0.646. The Labute approximate surface area is 70.7 Å². The number of rotatable bonds is 3. The van der Waals surface area contributed by atoms with Crippen LogP contribution in [0.5, 0.6) is 0 Å². The summed E-state index contributed by atoms with van der Waals surface area (Å²) < 4.78 is 0. The van der Waals surface area contributed by atoms with Crippen molar-refractivity contribution in [2.24, 2.45) is 0 Å². The highest BCUT2D eigenvalue weighted by Gasteiger charge is 2.06. The van der Waals surface area contributed by atoms with Gasteiger partial charge in [0.05, 0.1) is 0 Å². The molecule has 0 radical (unpaired) electrons. The summed E-state index contributed by atoms with van der Waals surface area (Å²) in [5.74, 6) is 0. The Bertz CT molecular complexity index is 223. The smallest absolute Gasteiger partial charge is 0.152 e. The van der Waals surface area contributed by atoms with Crippen molar-refractivity contribution in [3.8, 4) is 0 Å². The Balaban J connectivity index is 2.82. The molecule has 1 rings (SSSR count). The van der Waals surface area contributed by atoms with Gasteiger partial charge in [-0.05, 0) is 0 Å². The number of hydrogen-bond acceptors (Lipinski definition) is 1. The molecule has 1 aromatic rings. The highest BCUT2D eigenvalue weighted by Crippen LogP contribution is 1.87. The molecule has 1 aromatic carbocycles. The molecule has 58 valence electrons. The van der Waals surface area contributed by atoms with Gasteiger partial charge in [-0.1, -0.05) is 35.5 Å². The minimum Gasteiger partial charge on any atom is -0.441 e. The second kappa shape index (κ2) is 4.28. The first-order valence-electron chi connectivity index (χ1n) is 3.67. The molecule has 0 amide bonds. The van der Waals surface area contributed by atoms with E-state index < -0.39 is 17.6 Å². The lowest BCUT2D eigenvalue weighted by molar-refractivity contribution is 0.620. The molecule has 0 saturated carbocycles. The summed E-state index contributed by atoms with van der Waals surface area (Å²) in [4.78, 5) is 9.11. The molecule has 1 N–H and O–H groups in total. The third-order valence-corrected chi connectivity index (χ3v) is 7.51. The van der Waals surface area contributed by atoms with E-state index >= 15 is 0 Å². The lowest BCUT2D eigenvalue weighted by Crippen LogP contribution is -2.34. The second-order valence-corrected chi connectivity index (χ2v) is 8.89. The average molecular weight is 180 g/mol. The Morgan fingerprint density at radius 2 is 2.00 bits per heavy atom. The van der Waals surface area contributed by atoms with Crippen molar-refractivity contribution >= 4 is 22.8 Å². The van der Waals surface area contributed by atoms with Crippen molar-refractivity contribution < 1.29 is 4.80 Å². The van der Waals surface area contributed by atoms with Gasteiger partial charge in [0.25, 0.3) is 0 Å². The number of benzene rings is 1. The van der Waals surface area contributed by atoms with Crippen molar-refractivity contribution in [2.75, 3.05) is 0 Å². The van der Waals surface area contributed by atoms with E-state index in [0.717, 1.165) is 0 Å². The molecule has 1 atom stereocenters. The van der Waals surface area contributed by atoms with E-state index in [1.54, 1.807) is 0 Å². The normalized spacial score (nSPS) is 13.5. The van der Waals surface area contributed by atoms with Crippen LogP contribution in [-0.4, -0.2) is 22.4 Å². The molecular weight excluding hydrogens is 168 g/mol. The van der Waals surface area contributed by atoms with Crippen LogP contribution in [0.1, 0.15) is 0 Å². The van der Waals surface area contributed by atoms with Crippen LogP contribution >= 0.6 is 0 Å². The molecule has 0 bridgehead atoms. The summed E-state index contributed by atoms with van der Waals surface area (Å²) in [5, 5.41) is 1.32. The zero-order valence-electron chi connectivity index (χ0n) is 6.40. The molecule has 1 nitrogen and oxygen atoms in total. The van der Waals surface area contributed by atoms with E-state index in [2.05, 4.69) is 18.7 Å². The fourth-order valence-electron chi connectivity index (χ4n) is 1.02. The fraction of sp³-hybridized carbons (Fsp3) is 0. The SMILES string of the molecule is C=C[SiH]([SiH2]O)c1ccccc1. The summed E-state index contributed by atoms with van der Waals surface area (Å²) in [7, 11) is -1.94. The molecule has 0 aliphatic heterocycles. The van der Waals surface area contributed by atoms with E-state index in [1.807, 2.05) is 23.9 Å². The van der Waals surface area contributed by atoms with Gasteiger partial charge in [-0.2, -0.15) is 0 Å². The zero-order chi connectivity index (χ0) is 8.10. The van der Waals surface area contributed by atoms with Gasteiger partial charge in [-0.3, -0.25) is 0 Å². The molecule has 0 heterocycles. The lowest BCUT2D eigenvalue weighted by Gasteiger charge is -2.04. The maximum Gasteiger partial charge on any atom is 0.152 e. The van der Waals surface area contributed by atoms with E-state index in [-0.39, 0.29) is 0 Å². The standard InChI is InChI=1S/C8H12OSi2/c1-2-11(10-9)8-6-4-3-5-7-8/h2-7,9,11H,1,10H2. The van der Waals surface area contributed by atoms with E-state index in [0.29, 0.717) is 0 Å². The summed E-state index contributed by atoms with van der Waals surface area (Å²) in [6.45, 7) is 3.74. The van der Waals surface area contributed by atoms with Crippen molar-refractivity contribution in [1.82, 2.24) is 0 Å². The van der Waals surface area contributed by atoms with Crippen LogP contribution in [0, 0.1) is 0 Å². The van der Waals surface area contributed by atoms with E-state index in [9.17, 15) is 0 Å². The molecule has 11 heavy (non-hydrogen) atoms. The predicted molar refractivity (Wildman–Crippen MR) is 54.2 cm³/mol. The maximum atomic E-state index is 9.11. The van der Waals surface area contributed by atoms with Crippen LogP contribution in [0.3, 0.4) is 0 Å². The molecule has 0 spiro atoms. The topological polar surface area (TPSA) is 20.2 Å². The summed E-state index contributed by atoms with van der Waals surface area (Å²) in [5.41, 5.74) is 1.96. The van der Waals surface area contributed by atoms with Gasteiger partial charge in [0.2, 0.25) is 0 Å². The average Bonchev–Trinajstić information content (AvgIpc) is 2.09. The van der Waals surface area contributed by atoms with E-state index in [4.69, 9.17) is 4.80 Å². The first-order valence-corrected chi connectivity index (χ1v) is 8.81. The van der Waals surface area contributed by atoms with Crippen LogP contribution in [0.4, 0.5) is 0 Å². The summed E-state index contributed by atoms with van der Waals surface area (Å²) in [6.07, 6.45) is 0. The highest BCUT2D eigenvalue weighted by atomic mass is 29.2. The Morgan fingerprint density at radius 1 is 1.36 bits per heavy atom. The van der Waals surface area contributed by atoms with Gasteiger partial charge in [0.1, 0.15) is 8.31 Å². The van der Waals surface area contributed by atoms with Crippen LogP contribution in [0.2, 0.25) is 0 Å². The van der Waals surface area contributed by atoms with Gasteiger partial charge >= 0.3 is 0 Å². The van der Waals surface area contributed by atoms with Crippen molar-refractivity contribution in [3.05, 3.63) is 42.6 Å². The maximum absolute atomic E-state index is 9.11. The van der Waals surface area contributed by atoms with Crippen LogP contribution in [0.25, 0.3) is 0 Å². The minimum absolute atomic E-state index is 0.849. The van der Waals surface area contributed by atoms with Gasteiger partial charge in [-0.15, -0.1) is 12.3 Å². The van der Waals surface area contributed by atoms with Gasteiger partial charge in [0.15, 0.2) is 9.28 Å². The van der Waals surface area contributed by atoms with Crippen molar-refractivity contribution in [1.29, 1.82) is 0 Å². The van der Waals surface area contributed by atoms with Crippen LogP contribution in [-0.2, 0) is 0 Å². The Kier molecular flexibility index (Phi) is 3.29. The largest absolute Gasteiger partial charge is 0.441 e. The summed E-state index contributed by atoms with van der Waals surface area (Å²) >= 11 is 0. The molecule has 1 unspecified atom stereocenters. The highest BCUT2D eigenvalue weighted by molar-refractivity contribution is 7.18. The minimum atomic E-state index is -1.09. The third kappa shape index (κ3) is 2.15. The second-order valence-electron chi connectivity index (χ2n) is 2.44. The predicted octanol–water partition coefficient (Wildman–Crippen LogP) is -0.581. The fourth-order valence-corrected chi connectivity index (χ4v) is 4.26. The molecule has 0 aromatic heterocycles. The van der Waals surface area contributed by atoms with Crippen LogP contribution < -0.4 is 5.19 Å². The summed E-state index contributed by atoms with van der Waals surface area (Å²) in [6, 6.07) is 10.2. The van der Waals surface area contributed by atoms with Crippen LogP contribution in [0.15, 0.2) is 42.6 Å². The van der Waals surface area contributed by atoms with E-state index in [1.165, 1.54) is 5.19 Å². The van der Waals surface area contributed by atoms with Gasteiger partial charge < -0.3 is 4.80 Å². The quantitative estimate of drug-likeness (QED) is 0.617. The molecule has 0 aliphatic carbocycles. The lowest BCUT2D eigenvalue weighted by atomic mass is 10.4. The molecule has 0 fully saturated rings. The van der Waals surface area contributed by atoms with Crippen molar-refractivity contribution in [3.63, 3.8) is 0 Å². The molecule has 0 saturated heterocycles. The monoisotopic (exact) mass is 180 g/mol. The first-order chi connectivity index (χ1) is 5.38. The first kappa shape index (κ1) is 8.45. The van der Waals surface area contributed by atoms with Gasteiger partial charge in [0, 0.05) is 0 Å². The molecule has 0 aliphatic rings. The third-order valence-electron chi connectivity index (χ3n) is 1.71. The molecular formula is C8H12OSi2.